The van der Waals surface area contributed by atoms with Gasteiger partial charge in [-0.1, -0.05) is 6.07 Å². The molecule has 0 spiro atoms. The summed E-state index contributed by atoms with van der Waals surface area (Å²) in [5.41, 5.74) is 2.25. The van der Waals surface area contributed by atoms with E-state index < -0.39 is 0 Å². The molecular formula is C23H19NO4. The van der Waals surface area contributed by atoms with Gasteiger partial charge in [0.1, 0.15) is 28.6 Å². The first kappa shape index (κ1) is 17.7. The summed E-state index contributed by atoms with van der Waals surface area (Å²) < 4.78 is 16.7. The topological polar surface area (TPSA) is 64.2 Å². The van der Waals surface area contributed by atoms with Crippen molar-refractivity contribution >= 4 is 16.7 Å². The number of fused-ring (bicyclic) bond motifs is 1. The number of benzene rings is 3. The van der Waals surface area contributed by atoms with Gasteiger partial charge in [0.2, 0.25) is 0 Å². The summed E-state index contributed by atoms with van der Waals surface area (Å²) in [4.78, 5) is 4.73. The Morgan fingerprint density at radius 1 is 0.821 bits per heavy atom. The van der Waals surface area contributed by atoms with E-state index >= 15 is 0 Å². The number of aromatic hydroxyl groups is 1. The highest BCUT2D eigenvalue weighted by molar-refractivity contribution is 5.80. The van der Waals surface area contributed by atoms with Gasteiger partial charge in [0.25, 0.3) is 0 Å². The van der Waals surface area contributed by atoms with Crippen LogP contribution in [-0.4, -0.2) is 19.3 Å². The van der Waals surface area contributed by atoms with Crippen LogP contribution in [0.3, 0.4) is 0 Å². The van der Waals surface area contributed by atoms with Crippen LogP contribution in [0.2, 0.25) is 0 Å². The van der Waals surface area contributed by atoms with E-state index in [0.29, 0.717) is 22.8 Å². The molecular weight excluding hydrogens is 354 g/mol. The van der Waals surface area contributed by atoms with Crippen molar-refractivity contribution in [3.63, 3.8) is 0 Å². The Labute approximate surface area is 162 Å². The number of phenols is 1. The molecule has 0 unspecified atom stereocenters. The number of phenolic OH excluding ortho intramolecular Hbond substituents is 1. The largest absolute Gasteiger partial charge is 0.508 e. The molecule has 0 saturated carbocycles. The summed E-state index contributed by atoms with van der Waals surface area (Å²) in [5, 5.41) is 11.3. The molecule has 4 rings (SSSR count). The van der Waals surface area contributed by atoms with Crippen LogP contribution >= 0.6 is 0 Å². The Balaban J connectivity index is 1.96. The Morgan fingerprint density at radius 3 is 2.29 bits per heavy atom. The number of hydrogen-bond acceptors (Lipinski definition) is 5. The number of ether oxygens (including phenoxy) is 2. The van der Waals surface area contributed by atoms with Crippen molar-refractivity contribution in [3.8, 4) is 28.6 Å². The van der Waals surface area contributed by atoms with Gasteiger partial charge in [0.15, 0.2) is 0 Å². The third kappa shape index (κ3) is 3.55. The van der Waals surface area contributed by atoms with E-state index in [4.69, 9.17) is 18.9 Å². The van der Waals surface area contributed by atoms with Crippen LogP contribution in [0.25, 0.3) is 22.3 Å². The lowest BCUT2D eigenvalue weighted by molar-refractivity contribution is 0.414. The quantitative estimate of drug-likeness (QED) is 0.543. The van der Waals surface area contributed by atoms with Crippen molar-refractivity contribution in [1.82, 2.24) is 0 Å². The Morgan fingerprint density at radius 2 is 1.57 bits per heavy atom. The average Bonchev–Trinajstić information content (AvgIpc) is 2.73. The fourth-order valence-corrected chi connectivity index (χ4v) is 2.97. The van der Waals surface area contributed by atoms with Gasteiger partial charge in [0, 0.05) is 23.1 Å². The lowest BCUT2D eigenvalue weighted by Crippen LogP contribution is -2.03. The van der Waals surface area contributed by atoms with Crippen LogP contribution < -0.4 is 14.8 Å². The number of methoxy groups -OCH3 is 2. The maximum absolute atomic E-state index is 9.76. The van der Waals surface area contributed by atoms with Crippen molar-refractivity contribution < 1.29 is 19.0 Å². The maximum Gasteiger partial charge on any atom is 0.137 e. The molecule has 0 saturated heterocycles. The van der Waals surface area contributed by atoms with E-state index in [1.807, 2.05) is 54.6 Å². The molecule has 5 heteroatoms. The minimum Gasteiger partial charge on any atom is -0.508 e. The summed E-state index contributed by atoms with van der Waals surface area (Å²) in [6.45, 7) is 0. The van der Waals surface area contributed by atoms with Crippen LogP contribution in [0, 0.1) is 0 Å². The van der Waals surface area contributed by atoms with Crippen LogP contribution in [0.15, 0.2) is 82.2 Å². The van der Waals surface area contributed by atoms with Gasteiger partial charge in [-0.25, -0.2) is 4.99 Å². The molecule has 0 aliphatic rings. The highest BCUT2D eigenvalue weighted by Gasteiger charge is 2.08. The van der Waals surface area contributed by atoms with E-state index in [1.54, 1.807) is 32.4 Å². The first-order valence-electron chi connectivity index (χ1n) is 8.76. The molecule has 0 aliphatic carbocycles. The van der Waals surface area contributed by atoms with E-state index in [2.05, 4.69) is 0 Å². The fraction of sp³-hybridized carbons (Fsp3) is 0.0870. The van der Waals surface area contributed by atoms with E-state index in [-0.39, 0.29) is 5.75 Å². The molecule has 0 aliphatic heterocycles. The summed E-state index contributed by atoms with van der Waals surface area (Å²) in [7, 11) is 3.26. The predicted octanol–water partition coefficient (Wildman–Crippen LogP) is 5.06. The lowest BCUT2D eigenvalue weighted by atomic mass is 10.1. The Kier molecular flexibility index (Phi) is 4.72. The maximum atomic E-state index is 9.76. The summed E-state index contributed by atoms with van der Waals surface area (Å²) in [6.07, 6.45) is 0. The van der Waals surface area contributed by atoms with Crippen LogP contribution in [0.5, 0.6) is 17.2 Å². The molecule has 0 amide bonds. The number of nitrogens with zero attached hydrogens (tertiary/aromatic N) is 1. The van der Waals surface area contributed by atoms with Crippen molar-refractivity contribution in [1.29, 1.82) is 0 Å². The van der Waals surface area contributed by atoms with Gasteiger partial charge in [-0.15, -0.1) is 0 Å². The molecule has 4 aromatic rings. The first-order chi connectivity index (χ1) is 13.7. The number of rotatable bonds is 4. The monoisotopic (exact) mass is 373 g/mol. The predicted molar refractivity (Wildman–Crippen MR) is 108 cm³/mol. The first-order valence-corrected chi connectivity index (χ1v) is 8.76. The minimum absolute atomic E-state index is 0.166. The SMILES string of the molecule is COc1ccc(-c2cc(=Nc3cccc(O)c3)c3cc(OC)ccc3o2)cc1. The normalized spacial score (nSPS) is 11.6. The highest BCUT2D eigenvalue weighted by atomic mass is 16.5. The van der Waals surface area contributed by atoms with Crippen LogP contribution in [0.1, 0.15) is 0 Å². The molecule has 28 heavy (non-hydrogen) atoms. The third-order valence-corrected chi connectivity index (χ3v) is 4.40. The summed E-state index contributed by atoms with van der Waals surface area (Å²) in [6, 6.07) is 21.9. The van der Waals surface area contributed by atoms with Crippen molar-refractivity contribution in [2.45, 2.75) is 0 Å². The van der Waals surface area contributed by atoms with Crippen LogP contribution in [-0.2, 0) is 0 Å². The molecule has 1 aromatic heterocycles. The van der Waals surface area contributed by atoms with Gasteiger partial charge in [0.05, 0.1) is 25.3 Å². The fourth-order valence-electron chi connectivity index (χ4n) is 2.97. The van der Waals surface area contributed by atoms with E-state index in [1.165, 1.54) is 0 Å². The molecule has 3 aromatic carbocycles. The summed E-state index contributed by atoms with van der Waals surface area (Å²) >= 11 is 0. The lowest BCUT2D eigenvalue weighted by Gasteiger charge is -2.07. The van der Waals surface area contributed by atoms with Gasteiger partial charge in [-0.3, -0.25) is 0 Å². The zero-order valence-corrected chi connectivity index (χ0v) is 15.5. The second-order valence-electron chi connectivity index (χ2n) is 6.22. The van der Waals surface area contributed by atoms with E-state index in [0.717, 1.165) is 22.1 Å². The zero-order valence-electron chi connectivity index (χ0n) is 15.5. The summed E-state index contributed by atoms with van der Waals surface area (Å²) in [5.74, 6) is 2.34. The number of hydrogen-bond donors (Lipinski definition) is 1. The standard InChI is InChI=1S/C23H19NO4/c1-26-18-8-6-15(7-9-18)23-14-21(24-16-4-3-5-17(25)12-16)20-13-19(27-2)10-11-22(20)28-23/h3-14,25H,1-2H3. The molecule has 140 valence electrons. The molecule has 0 bridgehead atoms. The van der Waals surface area contributed by atoms with Gasteiger partial charge < -0.3 is 19.0 Å². The van der Waals surface area contributed by atoms with E-state index in [9.17, 15) is 5.11 Å². The highest BCUT2D eigenvalue weighted by Crippen LogP contribution is 2.27. The van der Waals surface area contributed by atoms with Crippen molar-refractivity contribution in [3.05, 3.63) is 78.2 Å². The molecule has 5 nitrogen and oxygen atoms in total. The van der Waals surface area contributed by atoms with Crippen LogP contribution in [0.4, 0.5) is 5.69 Å². The second-order valence-corrected chi connectivity index (χ2v) is 6.22. The van der Waals surface area contributed by atoms with Crippen molar-refractivity contribution in [2.75, 3.05) is 14.2 Å². The molecule has 1 heterocycles. The minimum atomic E-state index is 0.166. The van der Waals surface area contributed by atoms with Gasteiger partial charge >= 0.3 is 0 Å². The third-order valence-electron chi connectivity index (χ3n) is 4.40. The van der Waals surface area contributed by atoms with Gasteiger partial charge in [-0.2, -0.15) is 0 Å². The van der Waals surface area contributed by atoms with Crippen molar-refractivity contribution in [2.24, 2.45) is 4.99 Å². The Hall–Kier alpha value is -3.73. The zero-order chi connectivity index (χ0) is 19.5. The second kappa shape index (κ2) is 7.48. The Bertz CT molecular complexity index is 1190. The smallest absolute Gasteiger partial charge is 0.137 e. The molecule has 0 radical (unpaired) electrons. The van der Waals surface area contributed by atoms with Gasteiger partial charge in [-0.05, 0) is 54.6 Å². The molecule has 0 atom stereocenters. The molecule has 0 fully saturated rings. The molecule has 1 N–H and O–H groups in total. The average molecular weight is 373 g/mol.